The quantitative estimate of drug-likeness (QED) is 0.289. The fourth-order valence-electron chi connectivity index (χ4n) is 4.17. The fraction of sp³-hybridized carbons (Fsp3) is 0.250. The SMILES string of the molecule is CC(C)Oc1ccc(Oc2ncc(-c3ccc(C(C)N4Cc5ccccc5C4)cc3)s2)cc1. The lowest BCUT2D eigenvalue weighted by Crippen LogP contribution is -2.20. The van der Waals surface area contributed by atoms with Gasteiger partial charge in [0.05, 0.1) is 11.0 Å². The van der Waals surface area contributed by atoms with Crippen molar-refractivity contribution in [3.63, 3.8) is 0 Å². The Morgan fingerprint density at radius 1 is 0.818 bits per heavy atom. The topological polar surface area (TPSA) is 34.6 Å². The van der Waals surface area contributed by atoms with Gasteiger partial charge in [-0.15, -0.1) is 0 Å². The summed E-state index contributed by atoms with van der Waals surface area (Å²) in [5.74, 6) is 1.59. The van der Waals surface area contributed by atoms with Crippen LogP contribution in [0.5, 0.6) is 16.7 Å². The second-order valence-corrected chi connectivity index (χ2v) is 9.70. The van der Waals surface area contributed by atoms with Crippen molar-refractivity contribution in [2.75, 3.05) is 0 Å². The molecule has 168 valence electrons. The molecule has 0 radical (unpaired) electrons. The number of aromatic nitrogens is 1. The van der Waals surface area contributed by atoms with E-state index >= 15 is 0 Å². The van der Waals surface area contributed by atoms with E-state index in [-0.39, 0.29) is 6.10 Å². The van der Waals surface area contributed by atoms with Crippen LogP contribution in [0.15, 0.2) is 79.0 Å². The fourth-order valence-corrected chi connectivity index (χ4v) is 4.96. The molecule has 4 nitrogen and oxygen atoms in total. The highest BCUT2D eigenvalue weighted by Crippen LogP contribution is 2.35. The summed E-state index contributed by atoms with van der Waals surface area (Å²) in [6.45, 7) is 8.34. The maximum Gasteiger partial charge on any atom is 0.279 e. The van der Waals surface area contributed by atoms with Gasteiger partial charge in [0.25, 0.3) is 5.19 Å². The lowest BCUT2D eigenvalue weighted by Gasteiger charge is -2.24. The van der Waals surface area contributed by atoms with Crippen molar-refractivity contribution < 1.29 is 9.47 Å². The Morgan fingerprint density at radius 3 is 2.09 bits per heavy atom. The van der Waals surface area contributed by atoms with Crippen molar-refractivity contribution in [2.45, 2.75) is 46.0 Å². The monoisotopic (exact) mass is 456 g/mol. The van der Waals surface area contributed by atoms with Gasteiger partial charge in [0.1, 0.15) is 11.5 Å². The Morgan fingerprint density at radius 2 is 1.45 bits per heavy atom. The van der Waals surface area contributed by atoms with Crippen LogP contribution in [0.2, 0.25) is 0 Å². The average molecular weight is 457 g/mol. The van der Waals surface area contributed by atoms with Gasteiger partial charge in [0.15, 0.2) is 0 Å². The highest BCUT2D eigenvalue weighted by molar-refractivity contribution is 7.16. The normalized spacial score (nSPS) is 14.3. The molecule has 0 N–H and O–H groups in total. The van der Waals surface area contributed by atoms with Crippen LogP contribution in [0.1, 0.15) is 43.5 Å². The van der Waals surface area contributed by atoms with Crippen molar-refractivity contribution in [2.24, 2.45) is 0 Å². The summed E-state index contributed by atoms with van der Waals surface area (Å²) in [4.78, 5) is 8.08. The minimum Gasteiger partial charge on any atom is -0.491 e. The van der Waals surface area contributed by atoms with Crippen LogP contribution in [0.3, 0.4) is 0 Å². The van der Waals surface area contributed by atoms with Gasteiger partial charge >= 0.3 is 0 Å². The van der Waals surface area contributed by atoms with Crippen molar-refractivity contribution in [1.29, 1.82) is 0 Å². The van der Waals surface area contributed by atoms with E-state index in [1.54, 1.807) is 11.3 Å². The van der Waals surface area contributed by atoms with Crippen LogP contribution in [-0.4, -0.2) is 16.0 Å². The first-order valence-corrected chi connectivity index (χ1v) is 12.2. The van der Waals surface area contributed by atoms with Crippen LogP contribution < -0.4 is 9.47 Å². The lowest BCUT2D eigenvalue weighted by atomic mass is 10.0. The van der Waals surface area contributed by atoms with Gasteiger partial charge in [-0.25, -0.2) is 4.98 Å². The first-order valence-electron chi connectivity index (χ1n) is 11.4. The molecule has 0 amide bonds. The molecule has 1 atom stereocenters. The molecule has 0 saturated carbocycles. The first kappa shape index (κ1) is 21.7. The third kappa shape index (κ3) is 4.95. The van der Waals surface area contributed by atoms with Crippen molar-refractivity contribution >= 4 is 11.3 Å². The minimum atomic E-state index is 0.152. The van der Waals surface area contributed by atoms with E-state index in [0.717, 1.165) is 35.0 Å². The van der Waals surface area contributed by atoms with E-state index in [4.69, 9.17) is 9.47 Å². The summed E-state index contributed by atoms with van der Waals surface area (Å²) < 4.78 is 11.6. The molecule has 33 heavy (non-hydrogen) atoms. The zero-order valence-corrected chi connectivity index (χ0v) is 20.0. The third-order valence-electron chi connectivity index (χ3n) is 5.98. The van der Waals surface area contributed by atoms with Gasteiger partial charge < -0.3 is 9.47 Å². The molecule has 5 rings (SSSR count). The Balaban J connectivity index is 1.23. The number of nitrogens with zero attached hydrogens (tertiary/aromatic N) is 2. The summed E-state index contributed by atoms with van der Waals surface area (Å²) >= 11 is 1.55. The average Bonchev–Trinajstić information content (AvgIpc) is 3.47. The second kappa shape index (κ2) is 9.38. The molecule has 3 aromatic carbocycles. The Labute approximate surface area is 199 Å². The molecule has 0 fully saturated rings. The Kier molecular flexibility index (Phi) is 6.16. The zero-order chi connectivity index (χ0) is 22.8. The zero-order valence-electron chi connectivity index (χ0n) is 19.2. The van der Waals surface area contributed by atoms with Crippen molar-refractivity contribution in [3.8, 4) is 27.1 Å². The van der Waals surface area contributed by atoms with E-state index in [0.29, 0.717) is 11.2 Å². The van der Waals surface area contributed by atoms with E-state index in [1.807, 2.05) is 44.3 Å². The number of thiazole rings is 1. The summed E-state index contributed by atoms with van der Waals surface area (Å²) in [6.07, 6.45) is 2.03. The molecule has 1 aliphatic heterocycles. The lowest BCUT2D eigenvalue weighted by molar-refractivity contribution is 0.215. The van der Waals surface area contributed by atoms with E-state index < -0.39 is 0 Å². The molecular formula is C28H28N2O2S. The summed E-state index contributed by atoms with van der Waals surface area (Å²) in [7, 11) is 0. The number of benzene rings is 3. The maximum absolute atomic E-state index is 5.95. The van der Waals surface area contributed by atoms with Crippen LogP contribution in [0, 0.1) is 0 Å². The molecular weight excluding hydrogens is 428 g/mol. The molecule has 5 heteroatoms. The predicted octanol–water partition coefficient (Wildman–Crippen LogP) is 7.47. The van der Waals surface area contributed by atoms with Crippen LogP contribution in [0.25, 0.3) is 10.4 Å². The molecule has 2 heterocycles. The number of rotatable bonds is 7. The molecule has 0 aliphatic carbocycles. The van der Waals surface area contributed by atoms with Crippen LogP contribution in [-0.2, 0) is 13.1 Å². The highest BCUT2D eigenvalue weighted by Gasteiger charge is 2.23. The molecule has 1 aromatic heterocycles. The Hall–Kier alpha value is -3.15. The van der Waals surface area contributed by atoms with Crippen LogP contribution >= 0.6 is 11.3 Å². The molecule has 0 bridgehead atoms. The molecule has 4 aromatic rings. The largest absolute Gasteiger partial charge is 0.491 e. The summed E-state index contributed by atoms with van der Waals surface area (Å²) in [6, 6.07) is 25.6. The van der Waals surface area contributed by atoms with Crippen LogP contribution in [0.4, 0.5) is 0 Å². The third-order valence-corrected chi connectivity index (χ3v) is 6.90. The van der Waals surface area contributed by atoms with Gasteiger partial charge in [0.2, 0.25) is 0 Å². The van der Waals surface area contributed by atoms with E-state index in [9.17, 15) is 0 Å². The number of fused-ring (bicyclic) bond motifs is 1. The molecule has 1 unspecified atom stereocenters. The van der Waals surface area contributed by atoms with E-state index in [1.165, 1.54) is 16.7 Å². The standard InChI is InChI=1S/C28H28N2O2S/c1-19(2)31-25-12-14-26(15-13-25)32-28-29-16-27(33-28)22-10-8-21(9-11-22)20(3)30-17-23-6-4-5-7-24(23)18-30/h4-16,19-20H,17-18H2,1-3H3. The molecule has 0 saturated heterocycles. The number of hydrogen-bond donors (Lipinski definition) is 0. The van der Waals surface area contributed by atoms with E-state index in [2.05, 4.69) is 65.3 Å². The van der Waals surface area contributed by atoms with Gasteiger partial charge in [0, 0.05) is 25.3 Å². The predicted molar refractivity (Wildman–Crippen MR) is 134 cm³/mol. The summed E-state index contributed by atoms with van der Waals surface area (Å²) in [5.41, 5.74) is 5.38. The Bertz CT molecular complexity index is 1190. The minimum absolute atomic E-state index is 0.152. The van der Waals surface area contributed by atoms with Gasteiger partial charge in [-0.05, 0) is 67.3 Å². The molecule has 1 aliphatic rings. The first-order chi connectivity index (χ1) is 16.0. The molecule has 0 spiro atoms. The van der Waals surface area contributed by atoms with Crippen molar-refractivity contribution in [3.05, 3.63) is 95.7 Å². The van der Waals surface area contributed by atoms with Crippen molar-refractivity contribution in [1.82, 2.24) is 9.88 Å². The smallest absolute Gasteiger partial charge is 0.279 e. The van der Waals surface area contributed by atoms with Gasteiger partial charge in [-0.3, -0.25) is 4.90 Å². The number of ether oxygens (including phenoxy) is 2. The summed E-state index contributed by atoms with van der Waals surface area (Å²) in [5, 5.41) is 0.634. The highest BCUT2D eigenvalue weighted by atomic mass is 32.1. The number of hydrogen-bond acceptors (Lipinski definition) is 5. The second-order valence-electron chi connectivity index (χ2n) is 8.70. The van der Waals surface area contributed by atoms with Gasteiger partial charge in [-0.2, -0.15) is 0 Å². The van der Waals surface area contributed by atoms with Gasteiger partial charge in [-0.1, -0.05) is 59.9 Å². The maximum atomic E-state index is 5.95.